The van der Waals surface area contributed by atoms with Gasteiger partial charge in [0.05, 0.1) is 16.4 Å². The summed E-state index contributed by atoms with van der Waals surface area (Å²) in [5, 5.41) is 3.63. The normalized spacial score (nSPS) is 10.7. The molecule has 0 aromatic heterocycles. The van der Waals surface area contributed by atoms with Crippen LogP contribution in [0.15, 0.2) is 53.0 Å². The number of carbonyl (C=O) groups excluding carboxylic acids is 1. The summed E-state index contributed by atoms with van der Waals surface area (Å²) < 4.78 is 0.910. The van der Waals surface area contributed by atoms with Crippen molar-refractivity contribution < 1.29 is 4.79 Å². The first-order valence-electron chi connectivity index (χ1n) is 8.50. The first-order valence-corrected chi connectivity index (χ1v) is 9.67. The van der Waals surface area contributed by atoms with Crippen molar-refractivity contribution in [1.82, 2.24) is 0 Å². The van der Waals surface area contributed by atoms with Gasteiger partial charge in [0.2, 0.25) is 0 Å². The molecule has 0 radical (unpaired) electrons. The Labute approximate surface area is 172 Å². The number of halogens is 2. The van der Waals surface area contributed by atoms with E-state index in [1.807, 2.05) is 57.2 Å². The number of nitrogens with two attached hydrogens (primary N) is 1. The summed E-state index contributed by atoms with van der Waals surface area (Å²) in [5.41, 5.74) is 12.5. The maximum absolute atomic E-state index is 13.0. The number of nitrogen functional groups attached to an aromatic ring is 1. The quantitative estimate of drug-likeness (QED) is 0.353. The number of carbonyl (C=O) groups is 1. The van der Waals surface area contributed by atoms with Gasteiger partial charge in [0.25, 0.3) is 0 Å². The highest BCUT2D eigenvalue weighted by atomic mass is 79.9. The molecule has 0 spiro atoms. The molecule has 3 aromatic rings. The fourth-order valence-corrected chi connectivity index (χ4v) is 3.58. The Hall–Kier alpha value is -2.30. The Balaban J connectivity index is 1.91. The van der Waals surface area contributed by atoms with Crippen LogP contribution in [0.2, 0.25) is 5.02 Å². The molecule has 3 aromatic carbocycles. The van der Waals surface area contributed by atoms with Crippen molar-refractivity contribution in [2.45, 2.75) is 20.8 Å². The minimum Gasteiger partial charge on any atom is -0.397 e. The Kier molecular flexibility index (Phi) is 5.59. The molecule has 0 heterocycles. The third-order valence-corrected chi connectivity index (χ3v) is 5.40. The molecule has 3 rings (SSSR count). The van der Waals surface area contributed by atoms with Gasteiger partial charge in [-0.2, -0.15) is 0 Å². The van der Waals surface area contributed by atoms with Crippen molar-refractivity contribution in [3.05, 3.63) is 85.8 Å². The molecule has 27 heavy (non-hydrogen) atoms. The molecule has 0 amide bonds. The van der Waals surface area contributed by atoms with Gasteiger partial charge in [-0.15, -0.1) is 0 Å². The second-order valence-electron chi connectivity index (χ2n) is 6.63. The molecule has 0 aliphatic rings. The van der Waals surface area contributed by atoms with Crippen LogP contribution in [0.3, 0.4) is 0 Å². The van der Waals surface area contributed by atoms with Gasteiger partial charge in [-0.05, 0) is 79.9 Å². The van der Waals surface area contributed by atoms with Crippen LogP contribution in [-0.4, -0.2) is 5.78 Å². The number of hydrogen-bond acceptors (Lipinski definition) is 3. The SMILES string of the molecule is Cc1cc(C)c(C(=O)c2ccc(Nc3ccc(Br)cc3N)cc2Cl)cc1C. The summed E-state index contributed by atoms with van der Waals surface area (Å²) in [6.45, 7) is 5.99. The summed E-state index contributed by atoms with van der Waals surface area (Å²) in [5.74, 6) is -0.0738. The molecule has 0 bridgehead atoms. The summed E-state index contributed by atoms with van der Waals surface area (Å²) in [7, 11) is 0. The number of nitrogens with one attached hydrogen (secondary N) is 1. The van der Waals surface area contributed by atoms with Crippen molar-refractivity contribution in [3.8, 4) is 0 Å². The summed E-state index contributed by atoms with van der Waals surface area (Å²) in [6.07, 6.45) is 0. The summed E-state index contributed by atoms with van der Waals surface area (Å²) >= 11 is 9.82. The number of benzene rings is 3. The third kappa shape index (κ3) is 4.18. The summed E-state index contributed by atoms with van der Waals surface area (Å²) in [6, 6.07) is 14.9. The number of hydrogen-bond donors (Lipinski definition) is 2. The number of rotatable bonds is 4. The minimum atomic E-state index is -0.0738. The Morgan fingerprint density at radius 1 is 0.926 bits per heavy atom. The molecule has 5 heteroatoms. The smallest absolute Gasteiger partial charge is 0.194 e. The van der Waals surface area contributed by atoms with Gasteiger partial charge in [-0.1, -0.05) is 33.6 Å². The van der Waals surface area contributed by atoms with Gasteiger partial charge < -0.3 is 11.1 Å². The molecular formula is C22H20BrClN2O. The van der Waals surface area contributed by atoms with Crippen molar-refractivity contribution in [2.24, 2.45) is 0 Å². The van der Waals surface area contributed by atoms with Crippen molar-refractivity contribution in [1.29, 1.82) is 0 Å². The molecule has 0 aliphatic heterocycles. The largest absolute Gasteiger partial charge is 0.397 e. The van der Waals surface area contributed by atoms with Gasteiger partial charge >= 0.3 is 0 Å². The van der Waals surface area contributed by atoms with Gasteiger partial charge in [0.1, 0.15) is 0 Å². The van der Waals surface area contributed by atoms with E-state index >= 15 is 0 Å². The van der Waals surface area contributed by atoms with Crippen molar-refractivity contribution in [3.63, 3.8) is 0 Å². The minimum absolute atomic E-state index is 0.0738. The first kappa shape index (κ1) is 19.5. The molecule has 0 unspecified atom stereocenters. The molecule has 3 nitrogen and oxygen atoms in total. The van der Waals surface area contributed by atoms with E-state index in [4.69, 9.17) is 17.3 Å². The zero-order valence-electron chi connectivity index (χ0n) is 15.4. The molecule has 0 aliphatic carbocycles. The fourth-order valence-electron chi connectivity index (χ4n) is 2.93. The Morgan fingerprint density at radius 2 is 1.63 bits per heavy atom. The third-order valence-electron chi connectivity index (χ3n) is 4.59. The van der Waals surface area contributed by atoms with Crippen molar-refractivity contribution in [2.75, 3.05) is 11.1 Å². The van der Waals surface area contributed by atoms with E-state index in [0.717, 1.165) is 27.0 Å². The van der Waals surface area contributed by atoms with Gasteiger partial charge in [-0.3, -0.25) is 4.79 Å². The van der Waals surface area contributed by atoms with Crippen LogP contribution in [0.25, 0.3) is 0 Å². The lowest BCUT2D eigenvalue weighted by Gasteiger charge is -2.13. The van der Waals surface area contributed by atoms with E-state index in [1.165, 1.54) is 5.56 Å². The van der Waals surface area contributed by atoms with Crippen LogP contribution < -0.4 is 11.1 Å². The highest BCUT2D eigenvalue weighted by Crippen LogP contribution is 2.30. The second kappa shape index (κ2) is 7.75. The predicted molar refractivity (Wildman–Crippen MR) is 117 cm³/mol. The van der Waals surface area contributed by atoms with Crippen LogP contribution in [0, 0.1) is 20.8 Å². The predicted octanol–water partition coefficient (Wildman–Crippen LogP) is 6.58. The number of ketones is 1. The molecule has 0 fully saturated rings. The topological polar surface area (TPSA) is 55.1 Å². The number of aryl methyl sites for hydroxylation is 3. The molecule has 0 saturated heterocycles. The van der Waals surface area contributed by atoms with Gasteiger partial charge in [-0.25, -0.2) is 0 Å². The standard InChI is InChI=1S/C22H20BrClN2O/c1-12-8-14(3)18(9-13(12)2)22(27)17-6-5-16(11-19(17)24)26-21-7-4-15(23)10-20(21)25/h4-11,26H,25H2,1-3H3. The highest BCUT2D eigenvalue weighted by molar-refractivity contribution is 9.10. The maximum atomic E-state index is 13.0. The van der Waals surface area contributed by atoms with E-state index in [-0.39, 0.29) is 5.78 Å². The van der Waals surface area contributed by atoms with Crippen LogP contribution in [0.1, 0.15) is 32.6 Å². The fraction of sp³-hybridized carbons (Fsp3) is 0.136. The molecule has 3 N–H and O–H groups in total. The lowest BCUT2D eigenvalue weighted by molar-refractivity contribution is 0.103. The molecular weight excluding hydrogens is 424 g/mol. The average molecular weight is 444 g/mol. The lowest BCUT2D eigenvalue weighted by atomic mass is 9.94. The van der Waals surface area contributed by atoms with E-state index in [2.05, 4.69) is 21.2 Å². The zero-order chi connectivity index (χ0) is 19.7. The van der Waals surface area contributed by atoms with Crippen molar-refractivity contribution >= 4 is 50.4 Å². The lowest BCUT2D eigenvalue weighted by Crippen LogP contribution is -2.06. The van der Waals surface area contributed by atoms with E-state index in [0.29, 0.717) is 21.8 Å². The van der Waals surface area contributed by atoms with Crippen LogP contribution >= 0.6 is 27.5 Å². The van der Waals surface area contributed by atoms with Crippen LogP contribution in [-0.2, 0) is 0 Å². The average Bonchev–Trinajstić information content (AvgIpc) is 2.60. The maximum Gasteiger partial charge on any atom is 0.194 e. The van der Waals surface area contributed by atoms with E-state index in [1.54, 1.807) is 12.1 Å². The monoisotopic (exact) mass is 442 g/mol. The van der Waals surface area contributed by atoms with Crippen LogP contribution in [0.5, 0.6) is 0 Å². The second-order valence-corrected chi connectivity index (χ2v) is 7.95. The highest BCUT2D eigenvalue weighted by Gasteiger charge is 2.16. The first-order chi connectivity index (χ1) is 12.8. The van der Waals surface area contributed by atoms with E-state index < -0.39 is 0 Å². The van der Waals surface area contributed by atoms with E-state index in [9.17, 15) is 4.79 Å². The van der Waals surface area contributed by atoms with Gasteiger partial charge in [0, 0.05) is 21.3 Å². The molecule has 0 atom stereocenters. The molecule has 0 saturated carbocycles. The summed E-state index contributed by atoms with van der Waals surface area (Å²) in [4.78, 5) is 13.0. The van der Waals surface area contributed by atoms with Gasteiger partial charge in [0.15, 0.2) is 5.78 Å². The van der Waals surface area contributed by atoms with Crippen LogP contribution in [0.4, 0.5) is 17.1 Å². The zero-order valence-corrected chi connectivity index (χ0v) is 17.7. The Bertz CT molecular complexity index is 1050. The Morgan fingerprint density at radius 3 is 2.30 bits per heavy atom. The molecule has 138 valence electrons. The number of anilines is 3.